The van der Waals surface area contributed by atoms with Gasteiger partial charge in [0.2, 0.25) is 0 Å². The molecule has 0 spiro atoms. The molecule has 2 unspecified atom stereocenters. The SMILES string of the molecule is NNc1ncnc(N2CCOC3CCCC32)c1Br. The van der Waals surface area contributed by atoms with Crippen LogP contribution in [0.3, 0.4) is 0 Å². The van der Waals surface area contributed by atoms with E-state index in [9.17, 15) is 0 Å². The molecule has 3 N–H and O–H groups in total. The maximum absolute atomic E-state index is 5.81. The van der Waals surface area contributed by atoms with Gasteiger partial charge in [0.05, 0.1) is 18.8 Å². The molecule has 1 aliphatic carbocycles. The van der Waals surface area contributed by atoms with Gasteiger partial charge in [-0.1, -0.05) is 0 Å². The molecule has 7 heteroatoms. The highest BCUT2D eigenvalue weighted by Gasteiger charge is 2.37. The molecule has 3 rings (SSSR count). The molecule has 2 aliphatic rings. The van der Waals surface area contributed by atoms with Crippen molar-refractivity contribution in [2.24, 2.45) is 5.84 Å². The average molecular weight is 314 g/mol. The number of morpholine rings is 1. The predicted octanol–water partition coefficient (Wildman–Crippen LogP) is 1.28. The van der Waals surface area contributed by atoms with E-state index < -0.39 is 0 Å². The maximum atomic E-state index is 5.81. The molecule has 1 saturated heterocycles. The topological polar surface area (TPSA) is 76.3 Å². The number of hydrogen-bond acceptors (Lipinski definition) is 6. The van der Waals surface area contributed by atoms with Crippen molar-refractivity contribution in [1.82, 2.24) is 9.97 Å². The standard InChI is InChI=1S/C11H16BrN5O/c12-9-10(16-13)14-6-15-11(9)17-4-5-18-8-3-1-2-7(8)17/h6-8H,1-5,13H2,(H,14,15,16). The molecule has 18 heavy (non-hydrogen) atoms. The van der Waals surface area contributed by atoms with Crippen molar-refractivity contribution in [2.75, 3.05) is 23.5 Å². The van der Waals surface area contributed by atoms with Crippen LogP contribution in [-0.4, -0.2) is 35.3 Å². The van der Waals surface area contributed by atoms with Crippen LogP contribution in [0.2, 0.25) is 0 Å². The lowest BCUT2D eigenvalue weighted by atomic mass is 10.1. The summed E-state index contributed by atoms with van der Waals surface area (Å²) in [6.45, 7) is 1.61. The first-order chi connectivity index (χ1) is 8.81. The Hall–Kier alpha value is -0.920. The van der Waals surface area contributed by atoms with E-state index in [1.165, 1.54) is 12.7 Å². The first-order valence-electron chi connectivity index (χ1n) is 6.16. The predicted molar refractivity (Wildman–Crippen MR) is 72.3 cm³/mol. The van der Waals surface area contributed by atoms with Gasteiger partial charge >= 0.3 is 0 Å². The Balaban J connectivity index is 1.93. The third-order valence-electron chi connectivity index (χ3n) is 3.66. The minimum Gasteiger partial charge on any atom is -0.374 e. The normalized spacial score (nSPS) is 27.1. The number of rotatable bonds is 2. The van der Waals surface area contributed by atoms with E-state index in [0.29, 0.717) is 18.0 Å². The van der Waals surface area contributed by atoms with Gasteiger partial charge in [-0.3, -0.25) is 0 Å². The molecule has 1 aliphatic heterocycles. The second-order valence-electron chi connectivity index (χ2n) is 4.61. The van der Waals surface area contributed by atoms with Gasteiger partial charge in [-0.15, -0.1) is 0 Å². The zero-order valence-corrected chi connectivity index (χ0v) is 11.6. The summed E-state index contributed by atoms with van der Waals surface area (Å²) in [6, 6.07) is 0.426. The van der Waals surface area contributed by atoms with E-state index in [1.807, 2.05) is 0 Å². The minimum atomic E-state index is 0.343. The highest BCUT2D eigenvalue weighted by molar-refractivity contribution is 9.10. The third kappa shape index (κ3) is 1.96. The fraction of sp³-hybridized carbons (Fsp3) is 0.636. The van der Waals surface area contributed by atoms with Gasteiger partial charge in [0.1, 0.15) is 16.6 Å². The number of aromatic nitrogens is 2. The molecule has 0 aromatic carbocycles. The summed E-state index contributed by atoms with van der Waals surface area (Å²) in [5.41, 5.74) is 2.58. The van der Waals surface area contributed by atoms with Crippen LogP contribution in [0, 0.1) is 0 Å². The number of nitrogens with two attached hydrogens (primary N) is 1. The van der Waals surface area contributed by atoms with Crippen molar-refractivity contribution in [3.05, 3.63) is 10.8 Å². The van der Waals surface area contributed by atoms with Gasteiger partial charge in [0.15, 0.2) is 5.82 Å². The lowest BCUT2D eigenvalue weighted by Gasteiger charge is -2.38. The number of hydrazine groups is 1. The zero-order chi connectivity index (χ0) is 12.5. The van der Waals surface area contributed by atoms with Crippen LogP contribution in [-0.2, 0) is 4.74 Å². The van der Waals surface area contributed by atoms with E-state index >= 15 is 0 Å². The minimum absolute atomic E-state index is 0.343. The van der Waals surface area contributed by atoms with Crippen molar-refractivity contribution >= 4 is 27.6 Å². The Labute approximate surface area is 114 Å². The summed E-state index contributed by atoms with van der Waals surface area (Å²) in [6.07, 6.45) is 5.40. The fourth-order valence-corrected chi connectivity index (χ4v) is 3.40. The van der Waals surface area contributed by atoms with E-state index in [4.69, 9.17) is 10.6 Å². The molecule has 2 atom stereocenters. The fourth-order valence-electron chi connectivity index (χ4n) is 2.85. The van der Waals surface area contributed by atoms with Gasteiger partial charge in [0.25, 0.3) is 0 Å². The van der Waals surface area contributed by atoms with Crippen LogP contribution in [0.25, 0.3) is 0 Å². The van der Waals surface area contributed by atoms with Gasteiger partial charge in [-0.05, 0) is 35.2 Å². The van der Waals surface area contributed by atoms with Crippen LogP contribution in [0.5, 0.6) is 0 Å². The molecule has 1 aromatic rings. The molecule has 2 heterocycles. The van der Waals surface area contributed by atoms with Crippen LogP contribution in [0.4, 0.5) is 11.6 Å². The summed E-state index contributed by atoms with van der Waals surface area (Å²) in [5, 5.41) is 0. The van der Waals surface area contributed by atoms with Crippen molar-refractivity contribution in [1.29, 1.82) is 0 Å². The number of ether oxygens (including phenoxy) is 1. The molecule has 1 saturated carbocycles. The Morgan fingerprint density at radius 1 is 1.44 bits per heavy atom. The highest BCUT2D eigenvalue weighted by Crippen LogP contribution is 2.36. The van der Waals surface area contributed by atoms with Crippen LogP contribution >= 0.6 is 15.9 Å². The lowest BCUT2D eigenvalue weighted by molar-refractivity contribution is 0.0252. The van der Waals surface area contributed by atoms with E-state index in [0.717, 1.165) is 36.3 Å². The van der Waals surface area contributed by atoms with Crippen LogP contribution in [0.1, 0.15) is 19.3 Å². The van der Waals surface area contributed by atoms with Crippen molar-refractivity contribution in [3.8, 4) is 0 Å². The summed E-state index contributed by atoms with van der Waals surface area (Å²) in [5.74, 6) is 6.96. The summed E-state index contributed by atoms with van der Waals surface area (Å²) in [7, 11) is 0. The molecule has 98 valence electrons. The average Bonchev–Trinajstić information content (AvgIpc) is 2.87. The number of halogens is 1. The van der Waals surface area contributed by atoms with Crippen LogP contribution in [0.15, 0.2) is 10.8 Å². The monoisotopic (exact) mass is 313 g/mol. The Morgan fingerprint density at radius 3 is 3.17 bits per heavy atom. The summed E-state index contributed by atoms with van der Waals surface area (Å²) >= 11 is 3.52. The molecule has 0 bridgehead atoms. The molecule has 1 aromatic heterocycles. The number of nitrogen functional groups attached to an aromatic ring is 1. The first-order valence-corrected chi connectivity index (χ1v) is 6.96. The lowest BCUT2D eigenvalue weighted by Crippen LogP contribution is -2.49. The smallest absolute Gasteiger partial charge is 0.159 e. The second kappa shape index (κ2) is 4.99. The number of anilines is 2. The quantitative estimate of drug-likeness (QED) is 0.633. The molecule has 0 radical (unpaired) electrons. The van der Waals surface area contributed by atoms with E-state index in [-0.39, 0.29) is 0 Å². The van der Waals surface area contributed by atoms with Crippen molar-refractivity contribution < 1.29 is 4.74 Å². The molecule has 0 amide bonds. The van der Waals surface area contributed by atoms with Gasteiger partial charge in [-0.25, -0.2) is 15.8 Å². The van der Waals surface area contributed by atoms with Crippen molar-refractivity contribution in [3.63, 3.8) is 0 Å². The van der Waals surface area contributed by atoms with Gasteiger partial charge < -0.3 is 15.1 Å². The van der Waals surface area contributed by atoms with E-state index in [1.54, 1.807) is 0 Å². The first kappa shape index (κ1) is 12.1. The number of nitrogens with one attached hydrogen (secondary N) is 1. The van der Waals surface area contributed by atoms with Gasteiger partial charge in [-0.2, -0.15) is 0 Å². The molecular formula is C11H16BrN5O. The Bertz CT molecular complexity index is 443. The largest absolute Gasteiger partial charge is 0.374 e. The Kier molecular flexibility index (Phi) is 3.36. The zero-order valence-electron chi connectivity index (χ0n) is 9.97. The maximum Gasteiger partial charge on any atom is 0.159 e. The second-order valence-corrected chi connectivity index (χ2v) is 5.40. The third-order valence-corrected chi connectivity index (χ3v) is 4.39. The van der Waals surface area contributed by atoms with Crippen molar-refractivity contribution in [2.45, 2.75) is 31.4 Å². The highest BCUT2D eigenvalue weighted by atomic mass is 79.9. The summed E-state index contributed by atoms with van der Waals surface area (Å²) < 4.78 is 6.63. The molecule has 6 nitrogen and oxygen atoms in total. The Morgan fingerprint density at radius 2 is 2.33 bits per heavy atom. The summed E-state index contributed by atoms with van der Waals surface area (Å²) in [4.78, 5) is 10.8. The number of nitrogens with zero attached hydrogens (tertiary/aromatic N) is 3. The molecular weight excluding hydrogens is 298 g/mol. The molecule has 2 fully saturated rings. The number of fused-ring (bicyclic) bond motifs is 1. The van der Waals surface area contributed by atoms with E-state index in [2.05, 4.69) is 36.2 Å². The van der Waals surface area contributed by atoms with Gasteiger partial charge in [0, 0.05) is 6.54 Å². The number of hydrogen-bond donors (Lipinski definition) is 2. The van der Waals surface area contributed by atoms with Crippen LogP contribution < -0.4 is 16.2 Å².